The van der Waals surface area contributed by atoms with Gasteiger partial charge in [0.25, 0.3) is 5.91 Å². The molecule has 0 fully saturated rings. The van der Waals surface area contributed by atoms with Gasteiger partial charge in [-0.1, -0.05) is 34.7 Å². The summed E-state index contributed by atoms with van der Waals surface area (Å²) in [4.78, 5) is 17.6. The fraction of sp³-hybridized carbons (Fsp3) is 0.286. The number of carbonyl (C=O) groups excluding carboxylic acids is 1. The number of amides is 1. The molecule has 22 heavy (non-hydrogen) atoms. The molecule has 2 heterocycles. The Kier molecular flexibility index (Phi) is 3.61. The van der Waals surface area contributed by atoms with E-state index < -0.39 is 17.3 Å². The van der Waals surface area contributed by atoms with Crippen molar-refractivity contribution in [2.24, 2.45) is 5.16 Å². The van der Waals surface area contributed by atoms with Crippen LogP contribution in [0.4, 0.5) is 9.52 Å². The quantitative estimate of drug-likeness (QED) is 0.942. The van der Waals surface area contributed by atoms with Gasteiger partial charge in [-0.05, 0) is 19.9 Å². The lowest BCUT2D eigenvalue weighted by molar-refractivity contribution is -0.135. The van der Waals surface area contributed by atoms with Crippen molar-refractivity contribution in [1.29, 1.82) is 0 Å². The van der Waals surface area contributed by atoms with Crippen LogP contribution in [0.15, 0.2) is 29.4 Å². The minimum absolute atomic E-state index is 0.178. The molecule has 0 saturated heterocycles. The molecular weight excluding hydrogens is 307 g/mol. The largest absolute Gasteiger partial charge is 0.379 e. The number of aromatic nitrogens is 2. The molecule has 1 atom stereocenters. The van der Waals surface area contributed by atoms with Crippen molar-refractivity contribution in [3.8, 4) is 0 Å². The molecule has 0 aliphatic carbocycles. The van der Waals surface area contributed by atoms with Gasteiger partial charge in [0.1, 0.15) is 10.8 Å². The maximum absolute atomic E-state index is 13.8. The van der Waals surface area contributed by atoms with Crippen LogP contribution in [0.25, 0.3) is 0 Å². The molecule has 3 rings (SSSR count). The molecule has 1 amide bonds. The topological polar surface area (TPSA) is 76.5 Å². The molecule has 0 unspecified atom stereocenters. The molecule has 0 spiro atoms. The first kappa shape index (κ1) is 14.6. The van der Waals surface area contributed by atoms with Crippen molar-refractivity contribution < 1.29 is 14.0 Å². The highest BCUT2D eigenvalue weighted by molar-refractivity contribution is 7.15. The Morgan fingerprint density at radius 1 is 1.41 bits per heavy atom. The zero-order valence-electron chi connectivity index (χ0n) is 12.0. The third-order valence-electron chi connectivity index (χ3n) is 3.27. The maximum Gasteiger partial charge on any atom is 0.273 e. The van der Waals surface area contributed by atoms with Crippen LogP contribution in [0.2, 0.25) is 0 Å². The first-order chi connectivity index (χ1) is 10.5. The predicted molar refractivity (Wildman–Crippen MR) is 80.3 cm³/mol. The summed E-state index contributed by atoms with van der Waals surface area (Å²) in [5.41, 5.74) is -0.452. The van der Waals surface area contributed by atoms with E-state index in [4.69, 9.17) is 4.84 Å². The van der Waals surface area contributed by atoms with E-state index in [0.717, 1.165) is 5.01 Å². The third-order valence-corrected chi connectivity index (χ3v) is 4.03. The van der Waals surface area contributed by atoms with E-state index in [1.54, 1.807) is 32.0 Å². The highest BCUT2D eigenvalue weighted by Gasteiger charge is 2.43. The van der Waals surface area contributed by atoms with Crippen LogP contribution in [0, 0.1) is 12.7 Å². The molecule has 1 aliphatic heterocycles. The molecule has 8 heteroatoms. The summed E-state index contributed by atoms with van der Waals surface area (Å²) in [5.74, 6) is -0.784. The molecule has 0 bridgehead atoms. The van der Waals surface area contributed by atoms with Crippen molar-refractivity contribution in [3.63, 3.8) is 0 Å². The van der Waals surface area contributed by atoms with Crippen molar-refractivity contribution in [2.75, 3.05) is 5.32 Å². The Hall–Kier alpha value is -2.35. The minimum atomic E-state index is -1.20. The van der Waals surface area contributed by atoms with Crippen molar-refractivity contribution in [2.45, 2.75) is 25.9 Å². The van der Waals surface area contributed by atoms with E-state index in [2.05, 4.69) is 20.7 Å². The first-order valence-corrected chi connectivity index (χ1v) is 7.41. The predicted octanol–water partition coefficient (Wildman–Crippen LogP) is 2.51. The van der Waals surface area contributed by atoms with E-state index in [1.165, 1.54) is 17.4 Å². The standard InChI is InChI=1S/C14H13FN4O2S/c1-8-17-18-13(22-8)16-12(20)14(2)7-11(19-21-14)9-5-3-4-6-10(9)15/h3-6H,7H2,1-2H3,(H,16,18,20)/t14-/m1/s1. The van der Waals surface area contributed by atoms with Crippen LogP contribution < -0.4 is 5.32 Å². The minimum Gasteiger partial charge on any atom is -0.379 e. The van der Waals surface area contributed by atoms with E-state index in [1.807, 2.05) is 0 Å². The number of hydrogen-bond donors (Lipinski definition) is 1. The third kappa shape index (κ3) is 2.69. The van der Waals surface area contributed by atoms with Crippen molar-refractivity contribution in [1.82, 2.24) is 10.2 Å². The number of benzene rings is 1. The highest BCUT2D eigenvalue weighted by atomic mass is 32.1. The molecule has 1 aromatic heterocycles. The highest BCUT2D eigenvalue weighted by Crippen LogP contribution is 2.29. The Morgan fingerprint density at radius 3 is 2.86 bits per heavy atom. The number of nitrogens with zero attached hydrogens (tertiary/aromatic N) is 3. The number of halogens is 1. The molecule has 1 aliphatic rings. The van der Waals surface area contributed by atoms with Gasteiger partial charge in [0.15, 0.2) is 0 Å². The lowest BCUT2D eigenvalue weighted by atomic mass is 9.95. The fourth-order valence-corrected chi connectivity index (χ4v) is 2.66. The molecule has 6 nitrogen and oxygen atoms in total. The van der Waals surface area contributed by atoms with Crippen molar-refractivity contribution >= 4 is 28.1 Å². The molecule has 0 saturated carbocycles. The summed E-state index contributed by atoms with van der Waals surface area (Å²) in [6.07, 6.45) is 0.178. The van der Waals surface area contributed by atoms with Gasteiger partial charge in [-0.25, -0.2) is 4.39 Å². The lowest BCUT2D eigenvalue weighted by Gasteiger charge is -2.19. The van der Waals surface area contributed by atoms with Crippen LogP contribution >= 0.6 is 11.3 Å². The van der Waals surface area contributed by atoms with E-state index in [9.17, 15) is 9.18 Å². The van der Waals surface area contributed by atoms with E-state index in [-0.39, 0.29) is 6.42 Å². The second-order valence-corrected chi connectivity index (χ2v) is 6.28. The molecular formula is C14H13FN4O2S. The molecule has 1 N–H and O–H groups in total. The fourth-order valence-electron chi connectivity index (χ4n) is 2.08. The Morgan fingerprint density at radius 2 is 2.18 bits per heavy atom. The Bertz CT molecular complexity index is 761. The van der Waals surface area contributed by atoms with Crippen molar-refractivity contribution in [3.05, 3.63) is 40.7 Å². The zero-order valence-corrected chi connectivity index (χ0v) is 12.8. The number of hydrogen-bond acceptors (Lipinski definition) is 6. The van der Waals surface area contributed by atoms with Gasteiger partial charge in [-0.3, -0.25) is 10.1 Å². The van der Waals surface area contributed by atoms with Crippen LogP contribution in [0.1, 0.15) is 23.9 Å². The number of rotatable bonds is 3. The summed E-state index contributed by atoms with van der Waals surface area (Å²) in [7, 11) is 0. The van der Waals surface area contributed by atoms with Crippen LogP contribution in [-0.2, 0) is 9.63 Å². The molecule has 0 radical (unpaired) electrons. The van der Waals surface area contributed by atoms with Gasteiger partial charge >= 0.3 is 0 Å². The number of aryl methyl sites for hydroxylation is 1. The van der Waals surface area contributed by atoms with Crippen LogP contribution in [-0.4, -0.2) is 27.4 Å². The zero-order chi connectivity index (χ0) is 15.7. The summed E-state index contributed by atoms with van der Waals surface area (Å²) in [6.45, 7) is 3.40. The molecule has 1 aromatic carbocycles. The van der Waals surface area contributed by atoms with Gasteiger partial charge in [-0.2, -0.15) is 0 Å². The summed E-state index contributed by atoms with van der Waals surface area (Å²) in [5, 5.41) is 15.3. The average molecular weight is 320 g/mol. The van der Waals surface area contributed by atoms with Gasteiger partial charge in [0.2, 0.25) is 10.7 Å². The average Bonchev–Trinajstić information content (AvgIpc) is 3.07. The second-order valence-electron chi connectivity index (χ2n) is 5.10. The van der Waals surface area contributed by atoms with E-state index >= 15 is 0 Å². The SMILES string of the molecule is Cc1nnc(NC(=O)[C@@]2(C)CC(c3ccccc3F)=NO2)s1. The second kappa shape index (κ2) is 5.45. The van der Waals surface area contributed by atoms with Gasteiger partial charge in [0.05, 0.1) is 5.71 Å². The normalized spacial score (nSPS) is 20.4. The van der Waals surface area contributed by atoms with E-state index in [0.29, 0.717) is 16.4 Å². The monoisotopic (exact) mass is 320 g/mol. The summed E-state index contributed by atoms with van der Waals surface area (Å²) >= 11 is 1.27. The Labute approximate surface area is 130 Å². The summed E-state index contributed by atoms with van der Waals surface area (Å²) in [6, 6.07) is 6.26. The first-order valence-electron chi connectivity index (χ1n) is 6.59. The number of anilines is 1. The number of carbonyl (C=O) groups is 1. The number of oxime groups is 1. The smallest absolute Gasteiger partial charge is 0.273 e. The van der Waals surface area contributed by atoms with Crippen LogP contribution in [0.3, 0.4) is 0 Å². The van der Waals surface area contributed by atoms with Gasteiger partial charge in [0, 0.05) is 12.0 Å². The number of nitrogens with one attached hydrogen (secondary N) is 1. The van der Waals surface area contributed by atoms with Crippen LogP contribution in [0.5, 0.6) is 0 Å². The molecule has 114 valence electrons. The maximum atomic E-state index is 13.8. The lowest BCUT2D eigenvalue weighted by Crippen LogP contribution is -2.40. The summed E-state index contributed by atoms with van der Waals surface area (Å²) < 4.78 is 13.8. The molecule has 2 aromatic rings. The van der Waals surface area contributed by atoms with Gasteiger partial charge < -0.3 is 4.84 Å². The van der Waals surface area contributed by atoms with Gasteiger partial charge in [-0.15, -0.1) is 10.2 Å². The Balaban J connectivity index is 1.74.